The van der Waals surface area contributed by atoms with E-state index in [4.69, 9.17) is 11.6 Å². The van der Waals surface area contributed by atoms with Crippen LogP contribution >= 0.6 is 27.5 Å². The predicted octanol–water partition coefficient (Wildman–Crippen LogP) is 4.50. The SMILES string of the molecule is CN(C)C(CNCc1ccc(Cl)c(Br)c1)c1ccccc1. The molecule has 0 bridgehead atoms. The van der Waals surface area contributed by atoms with Gasteiger partial charge in [0.15, 0.2) is 0 Å². The van der Waals surface area contributed by atoms with E-state index in [0.717, 1.165) is 22.6 Å². The van der Waals surface area contributed by atoms with Crippen molar-refractivity contribution in [1.82, 2.24) is 10.2 Å². The van der Waals surface area contributed by atoms with Crippen LogP contribution in [0.5, 0.6) is 0 Å². The quantitative estimate of drug-likeness (QED) is 0.809. The smallest absolute Gasteiger partial charge is 0.0548 e. The fourth-order valence-corrected chi connectivity index (χ4v) is 2.82. The molecule has 0 radical (unpaired) electrons. The molecule has 112 valence electrons. The first-order valence-corrected chi connectivity index (χ1v) is 8.11. The molecule has 2 aromatic carbocycles. The fourth-order valence-electron chi connectivity index (χ4n) is 2.28. The lowest BCUT2D eigenvalue weighted by Crippen LogP contribution is -2.30. The molecule has 0 spiro atoms. The average Bonchev–Trinajstić information content (AvgIpc) is 2.48. The van der Waals surface area contributed by atoms with Gasteiger partial charge >= 0.3 is 0 Å². The molecule has 21 heavy (non-hydrogen) atoms. The van der Waals surface area contributed by atoms with Crippen molar-refractivity contribution < 1.29 is 0 Å². The van der Waals surface area contributed by atoms with Gasteiger partial charge in [0, 0.05) is 23.6 Å². The summed E-state index contributed by atoms with van der Waals surface area (Å²) in [5.41, 5.74) is 2.55. The number of hydrogen-bond donors (Lipinski definition) is 1. The van der Waals surface area contributed by atoms with Gasteiger partial charge in [0.2, 0.25) is 0 Å². The Hall–Kier alpha value is -0.870. The number of benzene rings is 2. The molecule has 0 aliphatic heterocycles. The van der Waals surface area contributed by atoms with Crippen LogP contribution < -0.4 is 5.32 Å². The minimum absolute atomic E-state index is 0.363. The Balaban J connectivity index is 1.95. The molecule has 0 aliphatic rings. The average molecular weight is 368 g/mol. The maximum atomic E-state index is 6.01. The van der Waals surface area contributed by atoms with E-state index >= 15 is 0 Å². The van der Waals surface area contributed by atoms with Crippen LogP contribution in [0.3, 0.4) is 0 Å². The zero-order valence-electron chi connectivity index (χ0n) is 12.3. The molecular formula is C17H20BrClN2. The number of nitrogens with one attached hydrogen (secondary N) is 1. The van der Waals surface area contributed by atoms with Gasteiger partial charge in [-0.15, -0.1) is 0 Å². The van der Waals surface area contributed by atoms with Crippen LogP contribution in [0.1, 0.15) is 17.2 Å². The zero-order valence-corrected chi connectivity index (χ0v) is 14.7. The maximum Gasteiger partial charge on any atom is 0.0548 e. The lowest BCUT2D eigenvalue weighted by molar-refractivity contribution is 0.288. The van der Waals surface area contributed by atoms with E-state index in [0.29, 0.717) is 6.04 Å². The Labute approximate surface area is 140 Å². The second-order valence-electron chi connectivity index (χ2n) is 5.27. The maximum absolute atomic E-state index is 6.01. The van der Waals surface area contributed by atoms with Gasteiger partial charge in [0.1, 0.15) is 0 Å². The summed E-state index contributed by atoms with van der Waals surface area (Å²) in [6.07, 6.45) is 0. The molecule has 4 heteroatoms. The Morgan fingerprint density at radius 1 is 1.14 bits per heavy atom. The predicted molar refractivity (Wildman–Crippen MR) is 93.7 cm³/mol. The third-order valence-electron chi connectivity index (χ3n) is 3.46. The van der Waals surface area contributed by atoms with Crippen LogP contribution in [-0.2, 0) is 6.54 Å². The first-order valence-electron chi connectivity index (χ1n) is 6.94. The summed E-state index contributed by atoms with van der Waals surface area (Å²) >= 11 is 9.47. The summed E-state index contributed by atoms with van der Waals surface area (Å²) in [5.74, 6) is 0. The van der Waals surface area contributed by atoms with Gasteiger partial charge < -0.3 is 10.2 Å². The second-order valence-corrected chi connectivity index (χ2v) is 6.53. The summed E-state index contributed by atoms with van der Waals surface area (Å²) < 4.78 is 0.940. The Morgan fingerprint density at radius 2 is 1.86 bits per heavy atom. The van der Waals surface area contributed by atoms with Crippen LogP contribution in [0.4, 0.5) is 0 Å². The third kappa shape index (κ3) is 4.82. The van der Waals surface area contributed by atoms with Crippen LogP contribution in [0.25, 0.3) is 0 Å². The molecule has 1 N–H and O–H groups in total. The minimum Gasteiger partial charge on any atom is -0.311 e. The highest BCUT2D eigenvalue weighted by molar-refractivity contribution is 9.10. The van der Waals surface area contributed by atoms with E-state index in [-0.39, 0.29) is 0 Å². The van der Waals surface area contributed by atoms with E-state index in [9.17, 15) is 0 Å². The van der Waals surface area contributed by atoms with E-state index in [2.05, 4.69) is 76.6 Å². The van der Waals surface area contributed by atoms with Gasteiger partial charge in [-0.3, -0.25) is 0 Å². The molecule has 0 aromatic heterocycles. The monoisotopic (exact) mass is 366 g/mol. The highest BCUT2D eigenvalue weighted by Gasteiger charge is 2.13. The molecule has 1 unspecified atom stereocenters. The number of nitrogens with zero attached hydrogens (tertiary/aromatic N) is 1. The molecule has 0 heterocycles. The highest BCUT2D eigenvalue weighted by Crippen LogP contribution is 2.23. The Bertz CT molecular complexity index is 572. The first-order chi connectivity index (χ1) is 10.1. The highest BCUT2D eigenvalue weighted by atomic mass is 79.9. The normalized spacial score (nSPS) is 12.6. The van der Waals surface area contributed by atoms with Crippen LogP contribution in [0.2, 0.25) is 5.02 Å². The fraction of sp³-hybridized carbons (Fsp3) is 0.294. The van der Waals surface area contributed by atoms with Gasteiger partial charge in [-0.25, -0.2) is 0 Å². The molecule has 1 atom stereocenters. The van der Waals surface area contributed by atoms with Crippen LogP contribution in [0, 0.1) is 0 Å². The lowest BCUT2D eigenvalue weighted by atomic mass is 10.1. The van der Waals surface area contributed by atoms with Gasteiger partial charge in [0.25, 0.3) is 0 Å². The topological polar surface area (TPSA) is 15.3 Å². The third-order valence-corrected chi connectivity index (χ3v) is 4.67. The van der Waals surface area contributed by atoms with Crippen molar-refractivity contribution in [1.29, 1.82) is 0 Å². The van der Waals surface area contributed by atoms with Crippen LogP contribution in [-0.4, -0.2) is 25.5 Å². The van der Waals surface area contributed by atoms with Gasteiger partial charge in [-0.05, 0) is 53.3 Å². The van der Waals surface area contributed by atoms with Crippen molar-refractivity contribution in [3.8, 4) is 0 Å². The molecule has 2 aromatic rings. The van der Waals surface area contributed by atoms with Crippen molar-refractivity contribution in [2.45, 2.75) is 12.6 Å². The van der Waals surface area contributed by atoms with Crippen molar-refractivity contribution >= 4 is 27.5 Å². The summed E-state index contributed by atoms with van der Waals surface area (Å²) in [6, 6.07) is 17.0. The molecule has 0 aliphatic carbocycles. The Morgan fingerprint density at radius 3 is 2.48 bits per heavy atom. The molecule has 0 amide bonds. The molecule has 0 fully saturated rings. The molecule has 0 saturated carbocycles. The van der Waals surface area contributed by atoms with E-state index in [1.165, 1.54) is 11.1 Å². The zero-order chi connectivity index (χ0) is 15.2. The van der Waals surface area contributed by atoms with E-state index < -0.39 is 0 Å². The van der Waals surface area contributed by atoms with Crippen molar-refractivity contribution in [3.05, 3.63) is 69.2 Å². The van der Waals surface area contributed by atoms with Gasteiger partial charge in [-0.1, -0.05) is 48.0 Å². The van der Waals surface area contributed by atoms with Crippen molar-refractivity contribution in [3.63, 3.8) is 0 Å². The lowest BCUT2D eigenvalue weighted by Gasteiger charge is -2.25. The summed E-state index contributed by atoms with van der Waals surface area (Å²) in [4.78, 5) is 2.24. The van der Waals surface area contributed by atoms with Gasteiger partial charge in [-0.2, -0.15) is 0 Å². The summed E-state index contributed by atoms with van der Waals surface area (Å²) in [5, 5.41) is 4.27. The summed E-state index contributed by atoms with van der Waals surface area (Å²) in [7, 11) is 4.22. The van der Waals surface area contributed by atoms with Crippen molar-refractivity contribution in [2.24, 2.45) is 0 Å². The molecule has 2 nitrogen and oxygen atoms in total. The number of likely N-dealkylation sites (N-methyl/N-ethyl adjacent to an activating group) is 1. The first kappa shape index (κ1) is 16.5. The molecular weight excluding hydrogens is 348 g/mol. The number of rotatable bonds is 6. The van der Waals surface area contributed by atoms with Crippen LogP contribution in [0.15, 0.2) is 53.0 Å². The van der Waals surface area contributed by atoms with E-state index in [1.807, 2.05) is 12.1 Å². The summed E-state index contributed by atoms with van der Waals surface area (Å²) in [6.45, 7) is 1.73. The van der Waals surface area contributed by atoms with E-state index in [1.54, 1.807) is 0 Å². The molecule has 0 saturated heterocycles. The molecule has 2 rings (SSSR count). The largest absolute Gasteiger partial charge is 0.311 e. The van der Waals surface area contributed by atoms with Gasteiger partial charge in [0.05, 0.1) is 5.02 Å². The number of hydrogen-bond acceptors (Lipinski definition) is 2. The second kappa shape index (κ2) is 7.95. The number of halogens is 2. The Kier molecular flexibility index (Phi) is 6.24. The minimum atomic E-state index is 0.363. The van der Waals surface area contributed by atoms with Crippen molar-refractivity contribution in [2.75, 3.05) is 20.6 Å². The standard InChI is InChI=1S/C17H20BrClN2/c1-21(2)17(14-6-4-3-5-7-14)12-20-11-13-8-9-16(19)15(18)10-13/h3-10,17,20H,11-12H2,1-2H3.